The van der Waals surface area contributed by atoms with E-state index in [9.17, 15) is 0 Å². The molecular weight excluding hydrogens is 798 g/mol. The van der Waals surface area contributed by atoms with Gasteiger partial charge in [-0.2, -0.15) is 0 Å². The van der Waals surface area contributed by atoms with Crippen LogP contribution in [-0.4, -0.2) is 7.28 Å². The van der Waals surface area contributed by atoms with E-state index in [-0.39, 0.29) is 0 Å². The Morgan fingerprint density at radius 3 is 1.52 bits per heavy atom. The van der Waals surface area contributed by atoms with E-state index in [0.717, 1.165) is 41.3 Å². The summed E-state index contributed by atoms with van der Waals surface area (Å²) in [5, 5.41) is 3.92. The molecule has 10 aromatic rings. The third-order valence-corrected chi connectivity index (χ3v) is 12.8. The SMILES string of the molecule is Cc1cc(-c2cc(-c3ccccc3)ccc2Nc2cccc(-c3ccccc3)c2)c2c(c1)N(c1ccc(-c3ccccc3)cc1C)c1ccc(N(c3ccccc3)c3ccccc3)cc1B2. The molecule has 0 radical (unpaired) electrons. The summed E-state index contributed by atoms with van der Waals surface area (Å²) in [4.78, 5) is 4.89. The molecule has 0 bridgehead atoms. The average molecular weight is 846 g/mol. The van der Waals surface area contributed by atoms with E-state index in [4.69, 9.17) is 0 Å². The van der Waals surface area contributed by atoms with Gasteiger partial charge in [-0.25, -0.2) is 0 Å². The quantitative estimate of drug-likeness (QED) is 0.138. The predicted octanol–water partition coefficient (Wildman–Crippen LogP) is 15.4. The smallest absolute Gasteiger partial charge is 0.198 e. The van der Waals surface area contributed by atoms with Crippen LogP contribution in [-0.2, 0) is 0 Å². The second kappa shape index (κ2) is 17.7. The molecule has 1 aliphatic heterocycles. The van der Waals surface area contributed by atoms with Crippen molar-refractivity contribution < 1.29 is 0 Å². The zero-order valence-corrected chi connectivity index (χ0v) is 37.2. The van der Waals surface area contributed by atoms with Crippen molar-refractivity contribution >= 4 is 63.7 Å². The van der Waals surface area contributed by atoms with Gasteiger partial charge in [0.2, 0.25) is 0 Å². The highest BCUT2D eigenvalue weighted by atomic mass is 15.2. The molecule has 4 heteroatoms. The van der Waals surface area contributed by atoms with Gasteiger partial charge in [-0.1, -0.05) is 163 Å². The van der Waals surface area contributed by atoms with E-state index in [1.54, 1.807) is 0 Å². The fraction of sp³-hybridized carbons (Fsp3) is 0.0323. The number of rotatable bonds is 10. The normalized spacial score (nSPS) is 11.6. The molecule has 0 spiro atoms. The maximum absolute atomic E-state index is 3.92. The number of hydrogen-bond acceptors (Lipinski definition) is 3. The first kappa shape index (κ1) is 40.4. The van der Waals surface area contributed by atoms with Crippen LogP contribution in [0, 0.1) is 13.8 Å². The summed E-state index contributed by atoms with van der Waals surface area (Å²) in [6.45, 7) is 4.49. The van der Waals surface area contributed by atoms with Crippen LogP contribution in [0.15, 0.2) is 243 Å². The van der Waals surface area contributed by atoms with Crippen LogP contribution >= 0.6 is 0 Å². The lowest BCUT2D eigenvalue weighted by molar-refractivity contribution is 1.24. The molecule has 0 atom stereocenters. The molecule has 0 aromatic heterocycles. The van der Waals surface area contributed by atoms with Gasteiger partial charge in [0, 0.05) is 51.1 Å². The first-order valence-electron chi connectivity index (χ1n) is 22.8. The Labute approximate surface area is 389 Å². The van der Waals surface area contributed by atoms with Crippen molar-refractivity contribution in [2.24, 2.45) is 0 Å². The Morgan fingerprint density at radius 2 is 0.909 bits per heavy atom. The first-order valence-corrected chi connectivity index (χ1v) is 22.8. The largest absolute Gasteiger partial charge is 0.355 e. The van der Waals surface area contributed by atoms with Crippen LogP contribution in [0.1, 0.15) is 11.1 Å². The first-order chi connectivity index (χ1) is 32.5. The monoisotopic (exact) mass is 845 g/mol. The van der Waals surface area contributed by atoms with E-state index >= 15 is 0 Å². The summed E-state index contributed by atoms with van der Waals surface area (Å²) in [6, 6.07) is 87.8. The number of nitrogens with zero attached hydrogens (tertiary/aromatic N) is 2. The summed E-state index contributed by atoms with van der Waals surface area (Å²) < 4.78 is 0. The summed E-state index contributed by atoms with van der Waals surface area (Å²) in [5.74, 6) is 0. The molecule has 0 fully saturated rings. The van der Waals surface area contributed by atoms with E-state index in [2.05, 4.69) is 272 Å². The van der Waals surface area contributed by atoms with E-state index < -0.39 is 0 Å². The second-order valence-corrected chi connectivity index (χ2v) is 17.2. The molecule has 0 aliphatic carbocycles. The molecule has 0 amide bonds. The van der Waals surface area contributed by atoms with Crippen LogP contribution in [0.5, 0.6) is 0 Å². The molecule has 0 saturated carbocycles. The highest BCUT2D eigenvalue weighted by Gasteiger charge is 2.30. The van der Waals surface area contributed by atoms with Crippen molar-refractivity contribution in [3.63, 3.8) is 0 Å². The number of nitrogens with one attached hydrogen (secondary N) is 1. The van der Waals surface area contributed by atoms with Gasteiger partial charge in [0.15, 0.2) is 7.28 Å². The van der Waals surface area contributed by atoms with Gasteiger partial charge in [0.25, 0.3) is 0 Å². The number of anilines is 8. The van der Waals surface area contributed by atoms with Crippen molar-refractivity contribution in [3.8, 4) is 44.5 Å². The zero-order valence-electron chi connectivity index (χ0n) is 37.2. The number of hydrogen-bond donors (Lipinski definition) is 1. The van der Waals surface area contributed by atoms with Gasteiger partial charge in [0.1, 0.15) is 0 Å². The molecule has 1 heterocycles. The Bertz CT molecular complexity index is 3280. The molecular formula is C62H48BN3. The summed E-state index contributed by atoms with van der Waals surface area (Å²) in [6.07, 6.45) is 0. The minimum atomic E-state index is 0.752. The van der Waals surface area contributed by atoms with Crippen LogP contribution < -0.4 is 26.0 Å². The third kappa shape index (κ3) is 7.95. The van der Waals surface area contributed by atoms with Gasteiger partial charge in [-0.3, -0.25) is 0 Å². The molecule has 1 aliphatic rings. The Kier molecular flexibility index (Phi) is 10.8. The predicted molar refractivity (Wildman–Crippen MR) is 283 cm³/mol. The zero-order chi connectivity index (χ0) is 44.4. The maximum atomic E-state index is 3.92. The topological polar surface area (TPSA) is 18.5 Å². The van der Waals surface area contributed by atoms with Crippen molar-refractivity contribution in [1.82, 2.24) is 0 Å². The Morgan fingerprint density at radius 1 is 0.379 bits per heavy atom. The lowest BCUT2D eigenvalue weighted by Gasteiger charge is -2.37. The number of para-hydroxylation sites is 2. The van der Waals surface area contributed by atoms with Crippen molar-refractivity contribution in [2.75, 3.05) is 15.1 Å². The van der Waals surface area contributed by atoms with Crippen LogP contribution in [0.2, 0.25) is 0 Å². The van der Waals surface area contributed by atoms with E-state index in [1.165, 1.54) is 78.1 Å². The van der Waals surface area contributed by atoms with Gasteiger partial charge in [0.05, 0.1) is 0 Å². The fourth-order valence-electron chi connectivity index (χ4n) is 9.64. The molecule has 0 saturated heterocycles. The van der Waals surface area contributed by atoms with Crippen LogP contribution in [0.4, 0.5) is 45.5 Å². The van der Waals surface area contributed by atoms with Gasteiger partial charge in [-0.15, -0.1) is 0 Å². The number of fused-ring (bicyclic) bond motifs is 2. The van der Waals surface area contributed by atoms with Gasteiger partial charge >= 0.3 is 0 Å². The third-order valence-electron chi connectivity index (χ3n) is 12.8. The van der Waals surface area contributed by atoms with Crippen LogP contribution in [0.25, 0.3) is 44.5 Å². The van der Waals surface area contributed by atoms with Crippen molar-refractivity contribution in [2.45, 2.75) is 13.8 Å². The van der Waals surface area contributed by atoms with Gasteiger partial charge in [-0.05, 0) is 154 Å². The highest BCUT2D eigenvalue weighted by molar-refractivity contribution is 6.73. The number of benzene rings is 10. The van der Waals surface area contributed by atoms with E-state index in [0.29, 0.717) is 0 Å². The van der Waals surface area contributed by atoms with E-state index in [1.807, 2.05) is 0 Å². The summed E-state index contributed by atoms with van der Waals surface area (Å²) in [5.41, 5.74) is 23.5. The molecule has 3 nitrogen and oxygen atoms in total. The lowest BCUT2D eigenvalue weighted by Crippen LogP contribution is -2.41. The molecule has 314 valence electrons. The van der Waals surface area contributed by atoms with Crippen LogP contribution in [0.3, 0.4) is 0 Å². The second-order valence-electron chi connectivity index (χ2n) is 17.2. The lowest BCUT2D eigenvalue weighted by atomic mass is 9.58. The highest BCUT2D eigenvalue weighted by Crippen LogP contribution is 2.44. The van der Waals surface area contributed by atoms with Gasteiger partial charge < -0.3 is 15.1 Å². The minimum absolute atomic E-state index is 0.752. The molecule has 0 unspecified atom stereocenters. The standard InChI is InChI=1S/C62H48BN3/c1-43-37-56(55-41-50(47-23-12-5-13-24-47)31-34-58(55)64-51-26-18-25-48(40-51)45-19-8-3-9-20-45)62-61(38-43)66(59-35-32-49(39-44(59)2)46-21-10-4-11-22-46)60-36-33-54(42-57(60)63-62)65(52-27-14-6-15-28-52)53-29-16-7-17-30-53/h3-42,63-64H,1-2H3. The number of aryl methyl sites for hydroxylation is 2. The summed E-state index contributed by atoms with van der Waals surface area (Å²) >= 11 is 0. The fourth-order valence-corrected chi connectivity index (χ4v) is 9.64. The Balaban J connectivity index is 1.11. The average Bonchev–Trinajstić information content (AvgIpc) is 3.37. The molecule has 1 N–H and O–H groups in total. The summed E-state index contributed by atoms with van der Waals surface area (Å²) in [7, 11) is 0.752. The Hall–Kier alpha value is -8.34. The van der Waals surface area contributed by atoms with Crippen molar-refractivity contribution in [1.29, 1.82) is 0 Å². The molecule has 10 aromatic carbocycles. The minimum Gasteiger partial charge on any atom is -0.355 e. The van der Waals surface area contributed by atoms with Crippen molar-refractivity contribution in [3.05, 3.63) is 254 Å². The molecule has 11 rings (SSSR count). The maximum Gasteiger partial charge on any atom is 0.198 e. The molecule has 66 heavy (non-hydrogen) atoms.